The number of rotatable bonds is 9. The molecule has 1 rings (SSSR count). The minimum absolute atomic E-state index is 0.141. The van der Waals surface area contributed by atoms with Gasteiger partial charge >= 0.3 is 0 Å². The number of hydrogen-bond donors (Lipinski definition) is 1. The molecule has 0 aliphatic heterocycles. The van der Waals surface area contributed by atoms with Crippen molar-refractivity contribution in [1.29, 1.82) is 0 Å². The zero-order valence-corrected chi connectivity index (χ0v) is 16.9. The Balaban J connectivity index is 2.83. The molecule has 0 aromatic heterocycles. The molecule has 1 atom stereocenters. The van der Waals surface area contributed by atoms with E-state index in [9.17, 15) is 5.11 Å². The molecule has 0 saturated carbocycles. The Morgan fingerprint density at radius 1 is 1.00 bits per heavy atom. The quantitative estimate of drug-likeness (QED) is 0.617. The first-order valence-corrected chi connectivity index (χ1v) is 10.6. The van der Waals surface area contributed by atoms with Crippen LogP contribution in [0.25, 0.3) is 0 Å². The lowest BCUT2D eigenvalue weighted by Gasteiger charge is -2.42. The van der Waals surface area contributed by atoms with Crippen molar-refractivity contribution >= 4 is 13.2 Å². The first-order valence-electron chi connectivity index (χ1n) is 8.86. The molecule has 1 N–H and O–H groups in total. The van der Waals surface area contributed by atoms with Crippen molar-refractivity contribution in [3.63, 3.8) is 0 Å². The van der Waals surface area contributed by atoms with E-state index in [-0.39, 0.29) is 5.16 Å². The SMILES string of the molecule is CCCC(CCC)Oc1ccc(P(C)C(C)(C)C(C)(C)O)cc1. The van der Waals surface area contributed by atoms with Crippen LogP contribution in [0.4, 0.5) is 0 Å². The van der Waals surface area contributed by atoms with Crippen LogP contribution in [0, 0.1) is 0 Å². The van der Waals surface area contributed by atoms with Gasteiger partial charge in [0.25, 0.3) is 0 Å². The molecule has 0 heterocycles. The predicted molar refractivity (Wildman–Crippen MR) is 104 cm³/mol. The average Bonchev–Trinajstić information content (AvgIpc) is 2.46. The maximum absolute atomic E-state index is 10.5. The largest absolute Gasteiger partial charge is 0.490 e. The van der Waals surface area contributed by atoms with Crippen LogP contribution in [-0.2, 0) is 0 Å². The summed E-state index contributed by atoms with van der Waals surface area (Å²) >= 11 is 0. The topological polar surface area (TPSA) is 29.5 Å². The first-order chi connectivity index (χ1) is 10.6. The fourth-order valence-corrected chi connectivity index (χ4v) is 4.64. The third-order valence-corrected chi connectivity index (χ3v) is 8.38. The summed E-state index contributed by atoms with van der Waals surface area (Å²) in [6.07, 6.45) is 4.86. The van der Waals surface area contributed by atoms with Gasteiger partial charge in [-0.15, -0.1) is 0 Å². The van der Waals surface area contributed by atoms with Gasteiger partial charge in [0.05, 0.1) is 11.7 Å². The van der Waals surface area contributed by atoms with E-state index in [0.717, 1.165) is 31.4 Å². The highest BCUT2D eigenvalue weighted by atomic mass is 31.1. The zero-order valence-electron chi connectivity index (χ0n) is 16.0. The van der Waals surface area contributed by atoms with Gasteiger partial charge in [0, 0.05) is 5.16 Å². The van der Waals surface area contributed by atoms with Crippen molar-refractivity contribution in [3.8, 4) is 5.75 Å². The lowest BCUT2D eigenvalue weighted by molar-refractivity contribution is 0.0473. The summed E-state index contributed by atoms with van der Waals surface area (Å²) in [6, 6.07) is 8.52. The van der Waals surface area contributed by atoms with Crippen LogP contribution < -0.4 is 10.0 Å². The maximum atomic E-state index is 10.5. The average molecular weight is 338 g/mol. The molecule has 0 bridgehead atoms. The summed E-state index contributed by atoms with van der Waals surface area (Å²) < 4.78 is 6.14. The monoisotopic (exact) mass is 338 g/mol. The third-order valence-electron chi connectivity index (χ3n) is 5.08. The van der Waals surface area contributed by atoms with Crippen LogP contribution in [0.15, 0.2) is 24.3 Å². The lowest BCUT2D eigenvalue weighted by Crippen LogP contribution is -2.45. The normalized spacial score (nSPS) is 14.1. The lowest BCUT2D eigenvalue weighted by atomic mass is 9.94. The standard InChI is InChI=1S/C20H35O2P/c1-8-10-16(11-9-2)22-17-12-14-18(15-13-17)23(7)20(5,6)19(3,4)21/h12-16,21H,8-11H2,1-7H3. The van der Waals surface area contributed by atoms with E-state index in [0.29, 0.717) is 6.10 Å². The Labute approximate surface area is 144 Å². The summed E-state index contributed by atoms with van der Waals surface area (Å²) in [5.41, 5.74) is -0.698. The van der Waals surface area contributed by atoms with E-state index in [1.165, 1.54) is 5.30 Å². The summed E-state index contributed by atoms with van der Waals surface area (Å²) in [5, 5.41) is 11.6. The van der Waals surface area contributed by atoms with Crippen LogP contribution in [0.1, 0.15) is 67.2 Å². The van der Waals surface area contributed by atoms with Crippen LogP contribution in [0.5, 0.6) is 5.75 Å². The zero-order chi connectivity index (χ0) is 17.7. The molecule has 0 spiro atoms. The van der Waals surface area contributed by atoms with Crippen molar-refractivity contribution in [2.75, 3.05) is 6.66 Å². The van der Waals surface area contributed by atoms with Crippen LogP contribution in [0.2, 0.25) is 0 Å². The molecular weight excluding hydrogens is 303 g/mol. The second-order valence-corrected chi connectivity index (χ2v) is 10.2. The first kappa shape index (κ1) is 20.5. The molecule has 1 unspecified atom stereocenters. The van der Waals surface area contributed by atoms with E-state index in [1.807, 2.05) is 13.8 Å². The number of benzene rings is 1. The highest BCUT2D eigenvalue weighted by molar-refractivity contribution is 7.66. The molecule has 0 fully saturated rings. The molecule has 3 heteroatoms. The highest BCUT2D eigenvalue weighted by Gasteiger charge is 2.40. The highest BCUT2D eigenvalue weighted by Crippen LogP contribution is 2.51. The summed E-state index contributed by atoms with van der Waals surface area (Å²) in [4.78, 5) is 0. The van der Waals surface area contributed by atoms with E-state index >= 15 is 0 Å². The molecule has 0 amide bonds. The van der Waals surface area contributed by atoms with Crippen molar-refractivity contribution < 1.29 is 9.84 Å². The molecule has 0 aliphatic carbocycles. The Kier molecular flexibility index (Phi) is 7.55. The van der Waals surface area contributed by atoms with E-state index in [4.69, 9.17) is 4.74 Å². The van der Waals surface area contributed by atoms with Crippen LogP contribution in [0.3, 0.4) is 0 Å². The van der Waals surface area contributed by atoms with E-state index in [2.05, 4.69) is 58.6 Å². The molecule has 1 aromatic rings. The van der Waals surface area contributed by atoms with Gasteiger partial charge in [0.1, 0.15) is 5.75 Å². The van der Waals surface area contributed by atoms with Gasteiger partial charge in [-0.25, -0.2) is 0 Å². The molecular formula is C20H35O2P. The Bertz CT molecular complexity index is 454. The fraction of sp³-hybridized carbons (Fsp3) is 0.700. The van der Waals surface area contributed by atoms with Crippen molar-refractivity contribution in [2.24, 2.45) is 0 Å². The second kappa shape index (κ2) is 8.49. The summed E-state index contributed by atoms with van der Waals surface area (Å²) in [7, 11) is -0.459. The minimum Gasteiger partial charge on any atom is -0.490 e. The van der Waals surface area contributed by atoms with Gasteiger partial charge in [0.2, 0.25) is 0 Å². The Morgan fingerprint density at radius 2 is 1.48 bits per heavy atom. The summed E-state index contributed by atoms with van der Waals surface area (Å²) in [5.74, 6) is 0.963. The van der Waals surface area contributed by atoms with Crippen molar-refractivity contribution in [2.45, 2.75) is 84.1 Å². The van der Waals surface area contributed by atoms with Gasteiger partial charge in [0.15, 0.2) is 0 Å². The molecule has 23 heavy (non-hydrogen) atoms. The van der Waals surface area contributed by atoms with E-state index < -0.39 is 13.5 Å². The second-order valence-electron chi connectivity index (χ2n) is 7.49. The van der Waals surface area contributed by atoms with Crippen LogP contribution >= 0.6 is 7.92 Å². The predicted octanol–water partition coefficient (Wildman–Crippen LogP) is 5.32. The van der Waals surface area contributed by atoms with Gasteiger partial charge < -0.3 is 9.84 Å². The maximum Gasteiger partial charge on any atom is 0.119 e. The minimum atomic E-state index is -0.698. The van der Waals surface area contributed by atoms with Crippen molar-refractivity contribution in [3.05, 3.63) is 24.3 Å². The molecule has 1 aromatic carbocycles. The number of ether oxygens (including phenoxy) is 1. The molecule has 0 radical (unpaired) electrons. The molecule has 0 saturated heterocycles. The molecule has 132 valence electrons. The van der Waals surface area contributed by atoms with Gasteiger partial charge in [-0.3, -0.25) is 0 Å². The summed E-state index contributed by atoms with van der Waals surface area (Å²) in [6.45, 7) is 14.8. The molecule has 2 nitrogen and oxygen atoms in total. The van der Waals surface area contributed by atoms with Crippen LogP contribution in [-0.4, -0.2) is 28.6 Å². The van der Waals surface area contributed by atoms with Gasteiger partial charge in [-0.1, -0.05) is 60.6 Å². The third kappa shape index (κ3) is 5.47. The fourth-order valence-electron chi connectivity index (χ4n) is 2.58. The van der Waals surface area contributed by atoms with Crippen molar-refractivity contribution in [1.82, 2.24) is 0 Å². The molecule has 0 aliphatic rings. The Morgan fingerprint density at radius 3 is 1.87 bits per heavy atom. The van der Waals surface area contributed by atoms with Gasteiger partial charge in [-0.05, 0) is 50.8 Å². The number of aliphatic hydroxyl groups is 1. The van der Waals surface area contributed by atoms with E-state index in [1.54, 1.807) is 0 Å². The Hall–Kier alpha value is -0.590. The smallest absolute Gasteiger partial charge is 0.119 e. The van der Waals surface area contributed by atoms with Gasteiger partial charge in [-0.2, -0.15) is 0 Å². The number of hydrogen-bond acceptors (Lipinski definition) is 2.